The van der Waals surface area contributed by atoms with E-state index in [9.17, 15) is 0 Å². The van der Waals surface area contributed by atoms with E-state index in [0.29, 0.717) is 12.3 Å². The normalized spacial score (nSPS) is 18.4. The van der Waals surface area contributed by atoms with E-state index < -0.39 is 0 Å². The molecule has 4 rings (SSSR count). The van der Waals surface area contributed by atoms with Crippen molar-refractivity contribution in [3.8, 4) is 11.4 Å². The zero-order valence-corrected chi connectivity index (χ0v) is 11.5. The van der Waals surface area contributed by atoms with Gasteiger partial charge in [0.2, 0.25) is 5.88 Å². The number of nitrogens with zero attached hydrogens (tertiary/aromatic N) is 4. The average Bonchev–Trinajstić information content (AvgIpc) is 2.87. The van der Waals surface area contributed by atoms with Gasteiger partial charge in [0, 0.05) is 31.5 Å². The summed E-state index contributed by atoms with van der Waals surface area (Å²) < 4.78 is 7.21. The van der Waals surface area contributed by atoms with Gasteiger partial charge in [0.1, 0.15) is 5.69 Å². The molecule has 2 N–H and O–H groups in total. The predicted octanol–water partition coefficient (Wildman–Crippen LogP) is 1.22. The van der Waals surface area contributed by atoms with Crippen LogP contribution < -0.4 is 5.73 Å². The lowest BCUT2D eigenvalue weighted by Gasteiger charge is -2.21. The van der Waals surface area contributed by atoms with Gasteiger partial charge < -0.3 is 15.2 Å². The molecular formula is C14H17N5O. The summed E-state index contributed by atoms with van der Waals surface area (Å²) in [6.45, 7) is 6.77. The molecule has 0 fully saturated rings. The molecule has 0 atom stereocenters. The van der Waals surface area contributed by atoms with Crippen LogP contribution in [0.15, 0.2) is 16.7 Å². The van der Waals surface area contributed by atoms with Crippen molar-refractivity contribution in [2.75, 3.05) is 19.3 Å². The summed E-state index contributed by atoms with van der Waals surface area (Å²) in [6.07, 6.45) is 1.68. The van der Waals surface area contributed by atoms with Crippen molar-refractivity contribution in [1.29, 1.82) is 0 Å². The predicted molar refractivity (Wildman–Crippen MR) is 75.0 cm³/mol. The van der Waals surface area contributed by atoms with Gasteiger partial charge in [-0.3, -0.25) is 4.68 Å². The molecule has 0 saturated carbocycles. The van der Waals surface area contributed by atoms with E-state index in [1.165, 1.54) is 11.3 Å². The Balaban J connectivity index is 1.98. The molecule has 2 aromatic rings. The van der Waals surface area contributed by atoms with Gasteiger partial charge in [0.05, 0.1) is 23.5 Å². The summed E-state index contributed by atoms with van der Waals surface area (Å²) in [5, 5.41) is 8.93. The molecule has 6 nitrogen and oxygen atoms in total. The van der Waals surface area contributed by atoms with Crippen LogP contribution in [0.4, 0.5) is 5.88 Å². The van der Waals surface area contributed by atoms with E-state index in [2.05, 4.69) is 23.7 Å². The monoisotopic (exact) mass is 271 g/mol. The van der Waals surface area contributed by atoms with Crippen molar-refractivity contribution in [3.63, 3.8) is 0 Å². The van der Waals surface area contributed by atoms with Crippen LogP contribution in [0.1, 0.15) is 16.8 Å². The van der Waals surface area contributed by atoms with Crippen molar-refractivity contribution in [3.05, 3.63) is 29.0 Å². The van der Waals surface area contributed by atoms with Gasteiger partial charge in [-0.1, -0.05) is 17.3 Å². The number of hydrogen-bond donors (Lipinski definition) is 1. The molecule has 0 unspecified atom stereocenters. The smallest absolute Gasteiger partial charge is 0.226 e. The maximum atomic E-state index is 5.91. The summed E-state index contributed by atoms with van der Waals surface area (Å²) in [5.74, 6) is 0.397. The molecule has 0 spiro atoms. The van der Waals surface area contributed by atoms with Gasteiger partial charge in [-0.05, 0) is 7.05 Å². The molecule has 6 heteroatoms. The van der Waals surface area contributed by atoms with Crippen LogP contribution in [0.25, 0.3) is 11.4 Å². The van der Waals surface area contributed by atoms with E-state index >= 15 is 0 Å². The van der Waals surface area contributed by atoms with Crippen LogP contribution in [0.2, 0.25) is 0 Å². The first-order chi connectivity index (χ1) is 9.63. The highest BCUT2D eigenvalue weighted by molar-refractivity contribution is 5.70. The van der Waals surface area contributed by atoms with Gasteiger partial charge in [-0.15, -0.1) is 0 Å². The number of hydrogen-bond acceptors (Lipinski definition) is 5. The van der Waals surface area contributed by atoms with Crippen LogP contribution in [0, 0.1) is 0 Å². The molecular weight excluding hydrogens is 254 g/mol. The third-order valence-electron chi connectivity index (χ3n) is 4.14. The number of aromatic nitrogens is 3. The van der Waals surface area contributed by atoms with Crippen LogP contribution in [-0.4, -0.2) is 33.4 Å². The van der Waals surface area contributed by atoms with Crippen molar-refractivity contribution in [2.45, 2.75) is 25.9 Å². The number of allylic oxidation sites excluding steroid dienone is 1. The molecule has 2 aromatic heterocycles. The van der Waals surface area contributed by atoms with Gasteiger partial charge in [-0.25, -0.2) is 0 Å². The van der Waals surface area contributed by atoms with Crippen molar-refractivity contribution in [1.82, 2.24) is 19.8 Å². The maximum absolute atomic E-state index is 5.91. The minimum Gasteiger partial charge on any atom is -0.367 e. The Hall–Kier alpha value is -2.08. The molecule has 104 valence electrons. The Bertz CT molecular complexity index is 711. The zero-order valence-electron chi connectivity index (χ0n) is 11.5. The fourth-order valence-electron chi connectivity index (χ4n) is 3.14. The second kappa shape index (κ2) is 3.96. The van der Waals surface area contributed by atoms with E-state index in [1.807, 2.05) is 4.68 Å². The molecule has 0 aliphatic carbocycles. The summed E-state index contributed by atoms with van der Waals surface area (Å²) in [4.78, 5) is 2.30. The summed E-state index contributed by atoms with van der Waals surface area (Å²) in [7, 11) is 2.13. The fourth-order valence-corrected chi connectivity index (χ4v) is 3.14. The van der Waals surface area contributed by atoms with Crippen LogP contribution in [0.5, 0.6) is 0 Å². The number of fused-ring (bicyclic) bond motifs is 5. The molecule has 2 aliphatic heterocycles. The fraction of sp³-hybridized carbons (Fsp3) is 0.429. The lowest BCUT2D eigenvalue weighted by Crippen LogP contribution is -2.26. The number of likely N-dealkylation sites (N-methyl/N-ethyl adjacent to an activating group) is 1. The van der Waals surface area contributed by atoms with Crippen LogP contribution in [-0.2, 0) is 25.9 Å². The number of anilines is 1. The highest BCUT2D eigenvalue weighted by atomic mass is 16.5. The Labute approximate surface area is 116 Å². The second-order valence-corrected chi connectivity index (χ2v) is 5.72. The first-order valence-electron chi connectivity index (χ1n) is 6.81. The Morgan fingerprint density at radius 2 is 2.15 bits per heavy atom. The minimum absolute atomic E-state index is 0.397. The topological polar surface area (TPSA) is 73.1 Å². The first-order valence-corrected chi connectivity index (χ1v) is 6.81. The average molecular weight is 271 g/mol. The lowest BCUT2D eigenvalue weighted by molar-refractivity contribution is 0.312. The molecule has 0 amide bonds. The highest BCUT2D eigenvalue weighted by Gasteiger charge is 2.30. The van der Waals surface area contributed by atoms with E-state index in [1.54, 1.807) is 0 Å². The Kier molecular flexibility index (Phi) is 2.32. The minimum atomic E-state index is 0.397. The molecule has 0 aromatic carbocycles. The molecule has 0 bridgehead atoms. The third-order valence-corrected chi connectivity index (χ3v) is 4.14. The number of rotatable bonds is 0. The molecule has 2 aliphatic rings. The van der Waals surface area contributed by atoms with Gasteiger partial charge in [-0.2, -0.15) is 5.10 Å². The van der Waals surface area contributed by atoms with Crippen LogP contribution >= 0.6 is 0 Å². The summed E-state index contributed by atoms with van der Waals surface area (Å²) in [6, 6.07) is 0. The van der Waals surface area contributed by atoms with Crippen LogP contribution in [0.3, 0.4) is 0 Å². The molecule has 20 heavy (non-hydrogen) atoms. The molecule has 4 heterocycles. The number of nitrogens with two attached hydrogens (primary N) is 1. The van der Waals surface area contributed by atoms with Crippen molar-refractivity contribution >= 4 is 5.88 Å². The number of nitrogen functional groups attached to an aromatic ring is 1. The summed E-state index contributed by atoms with van der Waals surface area (Å²) in [5.41, 5.74) is 12.3. The van der Waals surface area contributed by atoms with E-state index in [0.717, 1.165) is 48.6 Å². The third kappa shape index (κ3) is 1.54. The highest BCUT2D eigenvalue weighted by Crippen LogP contribution is 2.37. The standard InChI is InChI=1S/C14H17N5O/c1-8-5-9-12(17-20-14(9)15)13-10-7-18(2)4-3-11(10)16-19(13)6-8/h1,3-7,15H2,2H3. The van der Waals surface area contributed by atoms with Gasteiger partial charge in [0.25, 0.3) is 0 Å². The maximum Gasteiger partial charge on any atom is 0.226 e. The largest absolute Gasteiger partial charge is 0.367 e. The van der Waals surface area contributed by atoms with E-state index in [-0.39, 0.29) is 0 Å². The Morgan fingerprint density at radius 1 is 1.30 bits per heavy atom. The SMILES string of the molecule is C=C1Cc2c(noc2N)-c2c3c(nn2C1)CCN(C)C3. The van der Waals surface area contributed by atoms with Crippen molar-refractivity contribution < 1.29 is 4.52 Å². The summed E-state index contributed by atoms with van der Waals surface area (Å²) >= 11 is 0. The quantitative estimate of drug-likeness (QED) is 0.729. The van der Waals surface area contributed by atoms with Crippen molar-refractivity contribution in [2.24, 2.45) is 0 Å². The van der Waals surface area contributed by atoms with Gasteiger partial charge in [0.15, 0.2) is 0 Å². The lowest BCUT2D eigenvalue weighted by atomic mass is 10.0. The molecule has 0 saturated heterocycles. The van der Waals surface area contributed by atoms with Gasteiger partial charge >= 0.3 is 0 Å². The zero-order chi connectivity index (χ0) is 13.9. The Morgan fingerprint density at radius 3 is 3.00 bits per heavy atom. The second-order valence-electron chi connectivity index (χ2n) is 5.72. The van der Waals surface area contributed by atoms with E-state index in [4.69, 9.17) is 15.4 Å². The molecule has 0 radical (unpaired) electrons. The first kappa shape index (κ1) is 11.7.